The van der Waals surface area contributed by atoms with Gasteiger partial charge in [-0.05, 0) is 48.4 Å². The molecule has 3 amide bonds. The molecule has 0 saturated carbocycles. The van der Waals surface area contributed by atoms with Gasteiger partial charge in [-0.15, -0.1) is 0 Å². The first-order valence-corrected chi connectivity index (χ1v) is 7.11. The molecule has 0 radical (unpaired) electrons. The molecule has 0 spiro atoms. The van der Waals surface area contributed by atoms with Crippen molar-refractivity contribution in [3.8, 4) is 0 Å². The molecule has 5 nitrogen and oxygen atoms in total. The van der Waals surface area contributed by atoms with E-state index in [1.54, 1.807) is 24.3 Å². The second-order valence-corrected chi connectivity index (χ2v) is 5.14. The van der Waals surface area contributed by atoms with E-state index >= 15 is 0 Å². The summed E-state index contributed by atoms with van der Waals surface area (Å²) >= 11 is 5.81. The molecule has 0 aromatic heterocycles. The molecule has 0 bridgehead atoms. The van der Waals surface area contributed by atoms with Crippen LogP contribution in [0.5, 0.6) is 0 Å². The van der Waals surface area contributed by atoms with Crippen LogP contribution < -0.4 is 16.4 Å². The molecule has 2 rings (SSSR count). The molecule has 114 valence electrons. The summed E-state index contributed by atoms with van der Waals surface area (Å²) in [4.78, 5) is 22.7. The van der Waals surface area contributed by atoms with Gasteiger partial charge < -0.3 is 16.4 Å². The molecule has 0 fully saturated rings. The van der Waals surface area contributed by atoms with Crippen LogP contribution in [0.4, 0.5) is 10.5 Å². The lowest BCUT2D eigenvalue weighted by Gasteiger charge is -2.08. The monoisotopic (exact) mass is 317 g/mol. The van der Waals surface area contributed by atoms with Crippen molar-refractivity contribution < 1.29 is 9.59 Å². The fraction of sp³-hybridized carbons (Fsp3) is 0.125. The molecular weight excluding hydrogens is 302 g/mol. The van der Waals surface area contributed by atoms with Gasteiger partial charge in [-0.25, -0.2) is 4.79 Å². The SMILES string of the molecule is NC(=O)c1ccc(NC(=O)NCCc2ccc(Cl)cc2)cc1. The van der Waals surface area contributed by atoms with Crippen LogP contribution in [-0.4, -0.2) is 18.5 Å². The second-order valence-electron chi connectivity index (χ2n) is 4.70. The Morgan fingerprint density at radius 1 is 1.00 bits per heavy atom. The molecule has 0 unspecified atom stereocenters. The molecule has 0 saturated heterocycles. The predicted octanol–water partition coefficient (Wildman–Crippen LogP) is 2.80. The first-order valence-electron chi connectivity index (χ1n) is 6.74. The number of benzene rings is 2. The maximum absolute atomic E-state index is 11.7. The van der Waals surface area contributed by atoms with E-state index in [0.29, 0.717) is 29.2 Å². The van der Waals surface area contributed by atoms with Crippen LogP contribution >= 0.6 is 11.6 Å². The Balaban J connectivity index is 1.77. The van der Waals surface area contributed by atoms with Crippen LogP contribution in [0.1, 0.15) is 15.9 Å². The topological polar surface area (TPSA) is 84.2 Å². The summed E-state index contributed by atoms with van der Waals surface area (Å²) in [5, 5.41) is 6.13. The molecule has 0 heterocycles. The van der Waals surface area contributed by atoms with Crippen molar-refractivity contribution in [1.82, 2.24) is 5.32 Å². The molecule has 0 aliphatic heterocycles. The van der Waals surface area contributed by atoms with Gasteiger partial charge in [0.1, 0.15) is 0 Å². The van der Waals surface area contributed by atoms with Gasteiger partial charge in [0.05, 0.1) is 0 Å². The van der Waals surface area contributed by atoms with Crippen LogP contribution in [0.2, 0.25) is 5.02 Å². The molecule has 2 aromatic rings. The van der Waals surface area contributed by atoms with Gasteiger partial charge in [-0.2, -0.15) is 0 Å². The van der Waals surface area contributed by atoms with E-state index in [-0.39, 0.29) is 6.03 Å². The predicted molar refractivity (Wildman–Crippen MR) is 87.1 cm³/mol. The van der Waals surface area contributed by atoms with Crippen molar-refractivity contribution >= 4 is 29.2 Å². The van der Waals surface area contributed by atoms with E-state index < -0.39 is 5.91 Å². The number of primary amides is 1. The Kier molecular flexibility index (Phi) is 5.38. The number of carbonyl (C=O) groups excluding carboxylic acids is 2. The Morgan fingerprint density at radius 3 is 2.23 bits per heavy atom. The molecule has 22 heavy (non-hydrogen) atoms. The fourth-order valence-corrected chi connectivity index (χ4v) is 1.99. The lowest BCUT2D eigenvalue weighted by Crippen LogP contribution is -2.30. The highest BCUT2D eigenvalue weighted by molar-refractivity contribution is 6.30. The zero-order valence-electron chi connectivity index (χ0n) is 11.8. The lowest BCUT2D eigenvalue weighted by molar-refractivity contribution is 0.100. The van der Waals surface area contributed by atoms with Gasteiger partial charge in [-0.1, -0.05) is 23.7 Å². The zero-order chi connectivity index (χ0) is 15.9. The number of hydrogen-bond donors (Lipinski definition) is 3. The fourth-order valence-electron chi connectivity index (χ4n) is 1.86. The summed E-state index contributed by atoms with van der Waals surface area (Å²) in [7, 11) is 0. The molecular formula is C16H16ClN3O2. The molecule has 6 heteroatoms. The number of amides is 3. The van der Waals surface area contributed by atoms with E-state index in [1.165, 1.54) is 0 Å². The summed E-state index contributed by atoms with van der Waals surface area (Å²) in [6.45, 7) is 0.507. The smallest absolute Gasteiger partial charge is 0.319 e. The largest absolute Gasteiger partial charge is 0.366 e. The average Bonchev–Trinajstić information content (AvgIpc) is 2.50. The quantitative estimate of drug-likeness (QED) is 0.792. The number of hydrogen-bond acceptors (Lipinski definition) is 2. The number of nitrogens with two attached hydrogens (primary N) is 1. The van der Waals surface area contributed by atoms with Crippen molar-refractivity contribution in [3.63, 3.8) is 0 Å². The van der Waals surface area contributed by atoms with Crippen molar-refractivity contribution in [3.05, 3.63) is 64.7 Å². The van der Waals surface area contributed by atoms with Gasteiger partial charge in [0.2, 0.25) is 5.91 Å². The number of anilines is 1. The van der Waals surface area contributed by atoms with Crippen molar-refractivity contribution in [2.45, 2.75) is 6.42 Å². The van der Waals surface area contributed by atoms with Gasteiger partial charge >= 0.3 is 6.03 Å². The van der Waals surface area contributed by atoms with Crippen molar-refractivity contribution in [2.75, 3.05) is 11.9 Å². The number of halogens is 1. The van der Waals surface area contributed by atoms with Crippen LogP contribution in [0.15, 0.2) is 48.5 Å². The minimum Gasteiger partial charge on any atom is -0.366 e. The zero-order valence-corrected chi connectivity index (χ0v) is 12.6. The van der Waals surface area contributed by atoms with E-state index in [9.17, 15) is 9.59 Å². The molecule has 0 aliphatic carbocycles. The van der Waals surface area contributed by atoms with Crippen LogP contribution in [0.3, 0.4) is 0 Å². The summed E-state index contributed by atoms with van der Waals surface area (Å²) in [6.07, 6.45) is 0.713. The second kappa shape index (κ2) is 7.47. The third-order valence-corrected chi connectivity index (χ3v) is 3.29. The molecule has 0 atom stereocenters. The van der Waals surface area contributed by atoms with E-state index in [1.807, 2.05) is 24.3 Å². The normalized spacial score (nSPS) is 10.0. The first-order chi connectivity index (χ1) is 10.5. The van der Waals surface area contributed by atoms with Gasteiger partial charge in [0, 0.05) is 22.8 Å². The summed E-state index contributed by atoms with van der Waals surface area (Å²) in [5.74, 6) is -0.501. The molecule has 4 N–H and O–H groups in total. The maximum Gasteiger partial charge on any atom is 0.319 e. The van der Waals surface area contributed by atoms with Crippen molar-refractivity contribution in [1.29, 1.82) is 0 Å². The number of nitrogens with one attached hydrogen (secondary N) is 2. The average molecular weight is 318 g/mol. The third-order valence-electron chi connectivity index (χ3n) is 3.04. The maximum atomic E-state index is 11.7. The Morgan fingerprint density at radius 2 is 1.64 bits per heavy atom. The van der Waals surface area contributed by atoms with Crippen molar-refractivity contribution in [2.24, 2.45) is 5.73 Å². The summed E-state index contributed by atoms with van der Waals surface area (Å²) in [5.41, 5.74) is 7.23. The molecule has 2 aromatic carbocycles. The highest BCUT2D eigenvalue weighted by atomic mass is 35.5. The highest BCUT2D eigenvalue weighted by Crippen LogP contribution is 2.10. The minimum atomic E-state index is -0.501. The van der Waals surface area contributed by atoms with E-state index in [2.05, 4.69) is 10.6 Å². The van der Waals surface area contributed by atoms with Gasteiger partial charge in [0.25, 0.3) is 0 Å². The number of urea groups is 1. The minimum absolute atomic E-state index is 0.305. The Bertz CT molecular complexity index is 654. The van der Waals surface area contributed by atoms with Crippen LogP contribution in [0.25, 0.3) is 0 Å². The third kappa shape index (κ3) is 4.79. The van der Waals surface area contributed by atoms with Gasteiger partial charge in [-0.3, -0.25) is 4.79 Å². The number of rotatable bonds is 5. The lowest BCUT2D eigenvalue weighted by atomic mass is 10.1. The Labute approximate surface area is 133 Å². The van der Waals surface area contributed by atoms with E-state index in [4.69, 9.17) is 17.3 Å². The first kappa shape index (κ1) is 15.9. The van der Waals surface area contributed by atoms with Gasteiger partial charge in [0.15, 0.2) is 0 Å². The number of carbonyl (C=O) groups is 2. The Hall–Kier alpha value is -2.53. The van der Waals surface area contributed by atoms with Crippen LogP contribution in [0, 0.1) is 0 Å². The standard InChI is InChI=1S/C16H16ClN3O2/c17-13-5-1-11(2-6-13)9-10-19-16(22)20-14-7-3-12(4-8-14)15(18)21/h1-8H,9-10H2,(H2,18,21)(H2,19,20,22). The molecule has 0 aliphatic rings. The van der Waals surface area contributed by atoms with Crippen LogP contribution in [-0.2, 0) is 6.42 Å². The summed E-state index contributed by atoms with van der Waals surface area (Å²) < 4.78 is 0. The van der Waals surface area contributed by atoms with E-state index in [0.717, 1.165) is 5.56 Å². The highest BCUT2D eigenvalue weighted by Gasteiger charge is 2.03. The summed E-state index contributed by atoms with van der Waals surface area (Å²) in [6, 6.07) is 13.5.